The molecule has 0 aromatic carbocycles. The first-order valence-electron chi connectivity index (χ1n) is 5.44. The lowest BCUT2D eigenvalue weighted by atomic mass is 10.2. The summed E-state index contributed by atoms with van der Waals surface area (Å²) in [6.45, 7) is 3.66. The van der Waals surface area contributed by atoms with E-state index in [9.17, 15) is 9.59 Å². The van der Waals surface area contributed by atoms with Crippen LogP contribution in [0.25, 0.3) is 0 Å². The Morgan fingerprint density at radius 3 is 2.00 bits per heavy atom. The molecule has 0 unspecified atom stereocenters. The van der Waals surface area contributed by atoms with Crippen molar-refractivity contribution in [3.63, 3.8) is 0 Å². The molecule has 0 aliphatic heterocycles. The second kappa shape index (κ2) is 12.3. The van der Waals surface area contributed by atoms with Gasteiger partial charge in [-0.25, -0.2) is 0 Å². The number of nitrogens with one attached hydrogen (secondary N) is 2. The Hall–Kier alpha value is -0.810. The van der Waals surface area contributed by atoms with E-state index in [0.29, 0.717) is 38.9 Å². The monoisotopic (exact) mass is 251 g/mol. The molecular weight excluding hydrogens is 230 g/mol. The van der Waals surface area contributed by atoms with Crippen molar-refractivity contribution in [1.82, 2.24) is 10.6 Å². The highest BCUT2D eigenvalue weighted by Crippen LogP contribution is 1.95. The number of carbonyl (C=O) groups is 2. The van der Waals surface area contributed by atoms with Gasteiger partial charge in [0.15, 0.2) is 0 Å². The van der Waals surface area contributed by atoms with Gasteiger partial charge < -0.3 is 16.4 Å². The lowest BCUT2D eigenvalue weighted by Gasteiger charge is -2.04. The van der Waals surface area contributed by atoms with Crippen LogP contribution in [-0.4, -0.2) is 31.4 Å². The predicted molar refractivity (Wildman–Crippen MR) is 66.5 cm³/mol. The molecule has 0 radical (unpaired) electrons. The Labute approximate surface area is 103 Å². The van der Waals surface area contributed by atoms with Crippen molar-refractivity contribution >= 4 is 24.2 Å². The largest absolute Gasteiger partial charge is 0.356 e. The normalized spacial score (nSPS) is 9.12. The van der Waals surface area contributed by atoms with Gasteiger partial charge in [0.1, 0.15) is 0 Å². The van der Waals surface area contributed by atoms with Gasteiger partial charge in [-0.2, -0.15) is 0 Å². The molecule has 0 saturated heterocycles. The van der Waals surface area contributed by atoms with E-state index in [2.05, 4.69) is 10.6 Å². The fourth-order valence-electron chi connectivity index (χ4n) is 1.06. The zero-order valence-corrected chi connectivity index (χ0v) is 10.6. The zero-order valence-electron chi connectivity index (χ0n) is 9.75. The number of carbonyl (C=O) groups excluding carboxylic acids is 2. The van der Waals surface area contributed by atoms with E-state index in [0.717, 1.165) is 6.42 Å². The van der Waals surface area contributed by atoms with Crippen molar-refractivity contribution in [2.75, 3.05) is 19.6 Å². The molecule has 2 amide bonds. The van der Waals surface area contributed by atoms with Gasteiger partial charge in [0.05, 0.1) is 0 Å². The van der Waals surface area contributed by atoms with Crippen LogP contribution in [0.3, 0.4) is 0 Å². The van der Waals surface area contributed by atoms with Crippen LogP contribution < -0.4 is 16.4 Å². The summed E-state index contributed by atoms with van der Waals surface area (Å²) in [6.07, 6.45) is 2.32. The number of hydrogen-bond acceptors (Lipinski definition) is 3. The highest BCUT2D eigenvalue weighted by Gasteiger charge is 2.03. The van der Waals surface area contributed by atoms with Crippen LogP contribution in [0.15, 0.2) is 0 Å². The first-order valence-corrected chi connectivity index (χ1v) is 5.44. The van der Waals surface area contributed by atoms with Crippen molar-refractivity contribution < 1.29 is 9.59 Å². The van der Waals surface area contributed by atoms with Gasteiger partial charge in [-0.3, -0.25) is 9.59 Å². The topological polar surface area (TPSA) is 84.2 Å². The minimum atomic E-state index is -0.0382. The Morgan fingerprint density at radius 2 is 1.56 bits per heavy atom. The molecule has 6 heteroatoms. The molecule has 0 aromatic heterocycles. The summed E-state index contributed by atoms with van der Waals surface area (Å²) in [5, 5.41) is 5.41. The molecule has 0 aliphatic carbocycles. The molecule has 96 valence electrons. The summed E-state index contributed by atoms with van der Waals surface area (Å²) in [5.41, 5.74) is 5.23. The Balaban J connectivity index is 0. The summed E-state index contributed by atoms with van der Waals surface area (Å²) >= 11 is 0. The van der Waals surface area contributed by atoms with Crippen LogP contribution in [0.5, 0.6) is 0 Å². The first kappa shape index (κ1) is 17.6. The predicted octanol–water partition coefficient (Wildman–Crippen LogP) is 0.180. The van der Waals surface area contributed by atoms with Crippen molar-refractivity contribution in [2.24, 2.45) is 5.73 Å². The summed E-state index contributed by atoms with van der Waals surface area (Å²) in [6, 6.07) is 0. The molecule has 16 heavy (non-hydrogen) atoms. The molecule has 0 saturated carbocycles. The number of rotatable bonds is 8. The lowest BCUT2D eigenvalue weighted by molar-refractivity contribution is -0.122. The maximum absolute atomic E-state index is 11.1. The molecule has 0 bridgehead atoms. The maximum atomic E-state index is 11.1. The van der Waals surface area contributed by atoms with Crippen molar-refractivity contribution in [3.05, 3.63) is 0 Å². The quantitative estimate of drug-likeness (QED) is 0.575. The van der Waals surface area contributed by atoms with E-state index >= 15 is 0 Å². The molecule has 0 atom stereocenters. The van der Waals surface area contributed by atoms with E-state index in [1.54, 1.807) is 0 Å². The highest BCUT2D eigenvalue weighted by molar-refractivity contribution is 5.85. The summed E-state index contributed by atoms with van der Waals surface area (Å²) < 4.78 is 0. The average Bonchev–Trinajstić information content (AvgIpc) is 2.23. The third-order valence-corrected chi connectivity index (χ3v) is 1.85. The third kappa shape index (κ3) is 11.3. The fraction of sp³-hybridized carbons (Fsp3) is 0.800. The van der Waals surface area contributed by atoms with E-state index < -0.39 is 0 Å². The van der Waals surface area contributed by atoms with Gasteiger partial charge >= 0.3 is 0 Å². The average molecular weight is 252 g/mol. The standard InChI is InChI=1S/C10H21N3O2.ClH/c1-2-7-12-9(14)4-3-5-10(15)13-8-6-11;/h2-8,11H2,1H3,(H,12,14)(H,13,15);1H. The van der Waals surface area contributed by atoms with Crippen LogP contribution in [0, 0.1) is 0 Å². The van der Waals surface area contributed by atoms with Crippen molar-refractivity contribution in [3.8, 4) is 0 Å². The first-order chi connectivity index (χ1) is 7.20. The van der Waals surface area contributed by atoms with Gasteiger partial charge in [0.2, 0.25) is 11.8 Å². The minimum Gasteiger partial charge on any atom is -0.356 e. The van der Waals surface area contributed by atoms with Gasteiger partial charge in [-0.1, -0.05) is 6.92 Å². The van der Waals surface area contributed by atoms with Crippen LogP contribution >= 0.6 is 12.4 Å². The number of amides is 2. The second-order valence-corrected chi connectivity index (χ2v) is 3.34. The van der Waals surface area contributed by atoms with Gasteiger partial charge in [0.25, 0.3) is 0 Å². The van der Waals surface area contributed by atoms with Crippen LogP contribution in [-0.2, 0) is 9.59 Å². The van der Waals surface area contributed by atoms with E-state index in [1.807, 2.05) is 6.92 Å². The van der Waals surface area contributed by atoms with Crippen molar-refractivity contribution in [2.45, 2.75) is 32.6 Å². The van der Waals surface area contributed by atoms with Gasteiger partial charge in [0, 0.05) is 32.5 Å². The van der Waals surface area contributed by atoms with Crippen LogP contribution in [0.4, 0.5) is 0 Å². The molecule has 0 heterocycles. The third-order valence-electron chi connectivity index (χ3n) is 1.85. The molecule has 5 nitrogen and oxygen atoms in total. The smallest absolute Gasteiger partial charge is 0.220 e. The number of halogens is 1. The molecule has 0 rings (SSSR count). The van der Waals surface area contributed by atoms with Crippen molar-refractivity contribution in [1.29, 1.82) is 0 Å². The molecule has 0 aromatic rings. The van der Waals surface area contributed by atoms with E-state index in [4.69, 9.17) is 5.73 Å². The highest BCUT2D eigenvalue weighted by atomic mass is 35.5. The lowest BCUT2D eigenvalue weighted by Crippen LogP contribution is -2.29. The van der Waals surface area contributed by atoms with E-state index in [-0.39, 0.29) is 24.2 Å². The molecular formula is C10H22ClN3O2. The number of nitrogens with two attached hydrogens (primary N) is 1. The van der Waals surface area contributed by atoms with Crippen LogP contribution in [0.2, 0.25) is 0 Å². The summed E-state index contributed by atoms with van der Waals surface area (Å²) in [5.74, 6) is -0.0211. The Bertz CT molecular complexity index is 181. The Morgan fingerprint density at radius 1 is 1.06 bits per heavy atom. The molecule has 0 fully saturated rings. The SMILES string of the molecule is CCCNC(=O)CCCC(=O)NCCN.Cl. The summed E-state index contributed by atoms with van der Waals surface area (Å²) in [7, 11) is 0. The van der Waals surface area contributed by atoms with Gasteiger partial charge in [-0.05, 0) is 12.8 Å². The number of hydrogen-bond donors (Lipinski definition) is 3. The minimum absolute atomic E-state index is 0. The van der Waals surface area contributed by atoms with Gasteiger partial charge in [-0.15, -0.1) is 12.4 Å². The van der Waals surface area contributed by atoms with E-state index in [1.165, 1.54) is 0 Å². The maximum Gasteiger partial charge on any atom is 0.220 e. The molecule has 0 spiro atoms. The van der Waals surface area contributed by atoms with Crippen LogP contribution in [0.1, 0.15) is 32.6 Å². The summed E-state index contributed by atoms with van der Waals surface area (Å²) in [4.78, 5) is 22.2. The Kier molecular flexibility index (Phi) is 13.5. The molecule has 4 N–H and O–H groups in total. The zero-order chi connectivity index (χ0) is 11.5. The second-order valence-electron chi connectivity index (χ2n) is 3.34. The molecule has 0 aliphatic rings. The fourth-order valence-corrected chi connectivity index (χ4v) is 1.06.